The second kappa shape index (κ2) is 5.54. The molecule has 0 fully saturated rings. The van der Waals surface area contributed by atoms with Crippen LogP contribution in [-0.4, -0.2) is 0 Å². The maximum absolute atomic E-state index is 8.73. The smallest absolute Gasteiger partial charge is 0.110 e. The number of hydrogen-bond donors (Lipinski definition) is 1. The summed E-state index contributed by atoms with van der Waals surface area (Å²) in [5.74, 6) is 0. The molecule has 86 valence electrons. The number of hydrogen-bond acceptors (Lipinski definition) is 3. The highest BCUT2D eigenvalue weighted by molar-refractivity contribution is 9.10. The molecule has 1 aromatic carbocycles. The molecule has 2 rings (SSSR count). The molecule has 0 amide bonds. The Morgan fingerprint density at radius 1 is 1.35 bits per heavy atom. The van der Waals surface area contributed by atoms with E-state index in [2.05, 4.69) is 27.3 Å². The molecule has 1 aromatic heterocycles. The Bertz CT molecular complexity index is 574. The Hall–Kier alpha value is -1.02. The molecular weight excluding hydrogens is 320 g/mol. The van der Waals surface area contributed by atoms with Crippen LogP contribution in [0.2, 0.25) is 5.02 Å². The van der Waals surface area contributed by atoms with Crippen molar-refractivity contribution >= 4 is 44.6 Å². The van der Waals surface area contributed by atoms with Gasteiger partial charge in [0.25, 0.3) is 0 Å². The third-order valence-corrected chi connectivity index (χ3v) is 4.07. The third-order valence-electron chi connectivity index (χ3n) is 2.15. The van der Waals surface area contributed by atoms with Gasteiger partial charge in [-0.2, -0.15) is 5.26 Å². The van der Waals surface area contributed by atoms with Crippen LogP contribution in [0.4, 0.5) is 5.69 Å². The quantitative estimate of drug-likeness (QED) is 0.891. The summed E-state index contributed by atoms with van der Waals surface area (Å²) in [6.45, 7) is 0.686. The maximum atomic E-state index is 8.73. The Kier molecular flexibility index (Phi) is 4.06. The number of nitriles is 1. The minimum Gasteiger partial charge on any atom is -0.379 e. The van der Waals surface area contributed by atoms with Gasteiger partial charge in [-0.25, -0.2) is 0 Å². The zero-order valence-electron chi connectivity index (χ0n) is 8.71. The van der Waals surface area contributed by atoms with Gasteiger partial charge in [0, 0.05) is 20.9 Å². The molecule has 0 aliphatic heterocycles. The van der Waals surface area contributed by atoms with Crippen LogP contribution >= 0.6 is 38.9 Å². The van der Waals surface area contributed by atoms with E-state index < -0.39 is 0 Å². The molecule has 2 aromatic rings. The molecule has 0 bridgehead atoms. The van der Waals surface area contributed by atoms with Gasteiger partial charge in [-0.15, -0.1) is 11.3 Å². The van der Waals surface area contributed by atoms with E-state index in [1.54, 1.807) is 0 Å². The molecule has 1 N–H and O–H groups in total. The first-order valence-electron chi connectivity index (χ1n) is 4.87. The van der Waals surface area contributed by atoms with Crippen molar-refractivity contribution in [2.75, 3.05) is 5.32 Å². The molecule has 5 heteroatoms. The Balaban J connectivity index is 2.07. The van der Waals surface area contributed by atoms with Gasteiger partial charge in [0.1, 0.15) is 10.9 Å². The summed E-state index contributed by atoms with van der Waals surface area (Å²) in [6.07, 6.45) is 0. The summed E-state index contributed by atoms with van der Waals surface area (Å²) in [5, 5.41) is 12.7. The lowest BCUT2D eigenvalue weighted by Gasteiger charge is -2.07. The lowest BCUT2D eigenvalue weighted by Crippen LogP contribution is -1.97. The van der Waals surface area contributed by atoms with E-state index in [9.17, 15) is 0 Å². The van der Waals surface area contributed by atoms with Crippen molar-refractivity contribution in [2.45, 2.75) is 6.54 Å². The van der Waals surface area contributed by atoms with Crippen molar-refractivity contribution in [1.82, 2.24) is 0 Å². The number of halogens is 2. The van der Waals surface area contributed by atoms with Crippen LogP contribution in [0.5, 0.6) is 0 Å². The Labute approximate surface area is 117 Å². The topological polar surface area (TPSA) is 35.8 Å². The minimum absolute atomic E-state index is 0.686. The third kappa shape index (κ3) is 3.22. The summed E-state index contributed by atoms with van der Waals surface area (Å²) in [7, 11) is 0. The second-order valence-electron chi connectivity index (χ2n) is 3.36. The lowest BCUT2D eigenvalue weighted by atomic mass is 10.3. The number of thiophene rings is 1. The first-order chi connectivity index (χ1) is 8.19. The molecule has 0 spiro atoms. The molecule has 0 aliphatic carbocycles. The van der Waals surface area contributed by atoms with E-state index in [0.717, 1.165) is 19.9 Å². The predicted octanol–water partition coefficient (Wildman–Crippen LogP) is 4.65. The van der Waals surface area contributed by atoms with Gasteiger partial charge in [0.05, 0.1) is 5.69 Å². The number of nitrogens with zero attached hydrogens (tertiary/aromatic N) is 1. The summed E-state index contributed by atoms with van der Waals surface area (Å²) >= 11 is 10.9. The molecule has 1 heterocycles. The van der Waals surface area contributed by atoms with Crippen molar-refractivity contribution in [3.8, 4) is 6.07 Å². The van der Waals surface area contributed by atoms with E-state index in [0.29, 0.717) is 11.6 Å². The largest absolute Gasteiger partial charge is 0.379 e. The van der Waals surface area contributed by atoms with E-state index in [-0.39, 0.29) is 0 Å². The Morgan fingerprint density at radius 3 is 2.88 bits per heavy atom. The summed E-state index contributed by atoms with van der Waals surface area (Å²) < 4.78 is 0.971. The van der Waals surface area contributed by atoms with Crippen molar-refractivity contribution in [1.29, 1.82) is 5.26 Å². The van der Waals surface area contributed by atoms with E-state index in [4.69, 9.17) is 16.9 Å². The molecule has 0 aliphatic rings. The highest BCUT2D eigenvalue weighted by Crippen LogP contribution is 2.27. The molecule has 0 radical (unpaired) electrons. The fourth-order valence-electron chi connectivity index (χ4n) is 1.35. The normalized spacial score (nSPS) is 9.94. The standard InChI is InChI=1S/C12H8BrClN2S/c13-11-4-1-8(14)5-12(11)16-7-10-3-2-9(6-15)17-10/h1-5,16H,7H2. The highest BCUT2D eigenvalue weighted by Gasteiger charge is 2.02. The van der Waals surface area contributed by atoms with E-state index >= 15 is 0 Å². The average Bonchev–Trinajstić information content (AvgIpc) is 2.78. The molecule has 2 nitrogen and oxygen atoms in total. The van der Waals surface area contributed by atoms with Crippen LogP contribution in [0.3, 0.4) is 0 Å². The van der Waals surface area contributed by atoms with Crippen LogP contribution in [-0.2, 0) is 6.54 Å². The van der Waals surface area contributed by atoms with Crippen molar-refractivity contribution < 1.29 is 0 Å². The van der Waals surface area contributed by atoms with Gasteiger partial charge in [0.15, 0.2) is 0 Å². The highest BCUT2D eigenvalue weighted by atomic mass is 79.9. The number of nitrogens with one attached hydrogen (secondary N) is 1. The summed E-state index contributed by atoms with van der Waals surface area (Å²) in [5.41, 5.74) is 0.949. The molecule has 0 saturated heterocycles. The van der Waals surface area contributed by atoms with E-state index in [1.165, 1.54) is 11.3 Å². The average molecular weight is 328 g/mol. The monoisotopic (exact) mass is 326 g/mol. The van der Waals surface area contributed by atoms with Crippen molar-refractivity contribution in [3.63, 3.8) is 0 Å². The zero-order chi connectivity index (χ0) is 12.3. The van der Waals surface area contributed by atoms with Crippen LogP contribution in [0.15, 0.2) is 34.8 Å². The van der Waals surface area contributed by atoms with Crippen LogP contribution in [0.25, 0.3) is 0 Å². The summed E-state index contributed by atoms with van der Waals surface area (Å²) in [6, 6.07) is 11.5. The molecule has 0 atom stereocenters. The van der Waals surface area contributed by atoms with Gasteiger partial charge in [-0.1, -0.05) is 11.6 Å². The van der Waals surface area contributed by atoms with Crippen molar-refractivity contribution in [2.24, 2.45) is 0 Å². The van der Waals surface area contributed by atoms with Gasteiger partial charge in [-0.3, -0.25) is 0 Å². The molecule has 0 saturated carbocycles. The van der Waals surface area contributed by atoms with Gasteiger partial charge in [-0.05, 0) is 46.3 Å². The SMILES string of the molecule is N#Cc1ccc(CNc2cc(Cl)ccc2Br)s1. The first kappa shape index (κ1) is 12.4. The number of benzene rings is 1. The van der Waals surface area contributed by atoms with E-state index in [1.807, 2.05) is 30.3 Å². The fourth-order valence-corrected chi connectivity index (χ4v) is 2.65. The predicted molar refractivity (Wildman–Crippen MR) is 75.5 cm³/mol. The molecule has 17 heavy (non-hydrogen) atoms. The van der Waals surface area contributed by atoms with Crippen LogP contribution < -0.4 is 5.32 Å². The number of anilines is 1. The van der Waals surface area contributed by atoms with Crippen LogP contribution in [0.1, 0.15) is 9.75 Å². The minimum atomic E-state index is 0.686. The van der Waals surface area contributed by atoms with Crippen LogP contribution in [0, 0.1) is 11.3 Å². The lowest BCUT2D eigenvalue weighted by molar-refractivity contribution is 1.19. The molecular formula is C12H8BrClN2S. The van der Waals surface area contributed by atoms with Gasteiger partial charge >= 0.3 is 0 Å². The zero-order valence-corrected chi connectivity index (χ0v) is 11.9. The number of rotatable bonds is 3. The van der Waals surface area contributed by atoms with Gasteiger partial charge in [0.2, 0.25) is 0 Å². The molecule has 0 unspecified atom stereocenters. The summed E-state index contributed by atoms with van der Waals surface area (Å²) in [4.78, 5) is 1.85. The maximum Gasteiger partial charge on any atom is 0.110 e. The second-order valence-corrected chi connectivity index (χ2v) is 5.81. The fraction of sp³-hybridized carbons (Fsp3) is 0.0833. The van der Waals surface area contributed by atoms with Crippen molar-refractivity contribution in [3.05, 3.63) is 49.6 Å². The van der Waals surface area contributed by atoms with Gasteiger partial charge < -0.3 is 5.32 Å². The first-order valence-corrected chi connectivity index (χ1v) is 6.85. The Morgan fingerprint density at radius 2 is 2.18 bits per heavy atom.